The van der Waals surface area contributed by atoms with Crippen LogP contribution in [0.3, 0.4) is 0 Å². The molecule has 0 saturated carbocycles. The van der Waals surface area contributed by atoms with Crippen molar-refractivity contribution in [2.24, 2.45) is 0 Å². The van der Waals surface area contributed by atoms with Crippen molar-refractivity contribution in [3.63, 3.8) is 0 Å². The van der Waals surface area contributed by atoms with Gasteiger partial charge in [0, 0.05) is 15.6 Å². The Bertz CT molecular complexity index is 606. The molecule has 0 bridgehead atoms. The third-order valence-electron chi connectivity index (χ3n) is 2.94. The molecule has 6 heteroatoms. The number of rotatable bonds is 2. The van der Waals surface area contributed by atoms with Crippen LogP contribution in [0, 0.1) is 0 Å². The highest BCUT2D eigenvalue weighted by Gasteiger charge is 2.50. The third-order valence-corrected chi connectivity index (χ3v) is 4.34. The first-order valence-corrected chi connectivity index (χ1v) is 7.46. The number of hydrogen-bond donors (Lipinski definition) is 1. The van der Waals surface area contributed by atoms with Gasteiger partial charge in [0.25, 0.3) is 0 Å². The first kappa shape index (κ1) is 16.2. The average molecular weight is 370 g/mol. The smallest absolute Gasteiger partial charge is 0.227 e. The van der Waals surface area contributed by atoms with Crippen LogP contribution >= 0.6 is 58.0 Å². The van der Waals surface area contributed by atoms with Crippen LogP contribution in [0.15, 0.2) is 48.5 Å². The van der Waals surface area contributed by atoms with E-state index in [0.717, 1.165) is 0 Å². The monoisotopic (exact) mass is 368 g/mol. The van der Waals surface area contributed by atoms with Gasteiger partial charge in [-0.3, -0.25) is 0 Å². The maximum absolute atomic E-state index is 11.0. The third kappa shape index (κ3) is 2.89. The Labute approximate surface area is 142 Å². The molecule has 0 saturated heterocycles. The molecule has 0 aromatic heterocycles. The Morgan fingerprint density at radius 1 is 0.800 bits per heavy atom. The molecular formula is C14H9Cl5O. The van der Waals surface area contributed by atoms with Crippen LogP contribution in [0.4, 0.5) is 0 Å². The van der Waals surface area contributed by atoms with E-state index in [1.165, 1.54) is 0 Å². The van der Waals surface area contributed by atoms with E-state index >= 15 is 0 Å². The highest BCUT2D eigenvalue weighted by atomic mass is 35.6. The van der Waals surface area contributed by atoms with Gasteiger partial charge in [-0.05, 0) is 23.8 Å². The zero-order valence-corrected chi connectivity index (χ0v) is 13.7. The largest absolute Gasteiger partial charge is 0.376 e. The van der Waals surface area contributed by atoms with Crippen molar-refractivity contribution < 1.29 is 5.11 Å². The van der Waals surface area contributed by atoms with E-state index in [4.69, 9.17) is 58.0 Å². The van der Waals surface area contributed by atoms with E-state index in [0.29, 0.717) is 21.2 Å². The summed E-state index contributed by atoms with van der Waals surface area (Å²) in [7, 11) is 0. The Morgan fingerprint density at radius 3 is 1.85 bits per heavy atom. The fraction of sp³-hybridized carbons (Fsp3) is 0.143. The Morgan fingerprint density at radius 2 is 1.35 bits per heavy atom. The molecule has 20 heavy (non-hydrogen) atoms. The minimum Gasteiger partial charge on any atom is -0.376 e. The predicted molar refractivity (Wildman–Crippen MR) is 86.2 cm³/mol. The lowest BCUT2D eigenvalue weighted by atomic mass is 9.87. The molecule has 0 amide bonds. The molecule has 0 unspecified atom stereocenters. The van der Waals surface area contributed by atoms with Crippen LogP contribution in [-0.4, -0.2) is 8.90 Å². The van der Waals surface area contributed by atoms with Gasteiger partial charge in [0.1, 0.15) is 0 Å². The zero-order valence-electron chi connectivity index (χ0n) is 9.96. The highest BCUT2D eigenvalue weighted by Crippen LogP contribution is 2.50. The van der Waals surface area contributed by atoms with Crippen LogP contribution < -0.4 is 0 Å². The summed E-state index contributed by atoms with van der Waals surface area (Å²) in [6.45, 7) is 0. The van der Waals surface area contributed by atoms with Crippen molar-refractivity contribution in [3.05, 3.63) is 69.7 Å². The normalized spacial score (nSPS) is 14.9. The molecule has 1 atom stereocenters. The molecular weight excluding hydrogens is 361 g/mol. The van der Waals surface area contributed by atoms with Gasteiger partial charge in [0.05, 0.1) is 0 Å². The van der Waals surface area contributed by atoms with Crippen molar-refractivity contribution in [3.8, 4) is 0 Å². The summed E-state index contributed by atoms with van der Waals surface area (Å²) in [4.78, 5) is 0. The van der Waals surface area contributed by atoms with Crippen LogP contribution in [0.5, 0.6) is 0 Å². The van der Waals surface area contributed by atoms with E-state index in [9.17, 15) is 5.11 Å². The average Bonchev–Trinajstić information content (AvgIpc) is 2.38. The van der Waals surface area contributed by atoms with Crippen molar-refractivity contribution in [1.29, 1.82) is 0 Å². The zero-order chi connectivity index (χ0) is 15.0. The van der Waals surface area contributed by atoms with Crippen molar-refractivity contribution in [2.75, 3.05) is 0 Å². The van der Waals surface area contributed by atoms with Gasteiger partial charge in [-0.25, -0.2) is 0 Å². The van der Waals surface area contributed by atoms with Gasteiger partial charge in [-0.2, -0.15) is 0 Å². The number of aliphatic hydroxyl groups is 1. The summed E-state index contributed by atoms with van der Waals surface area (Å²) in [5.41, 5.74) is -1.19. The van der Waals surface area contributed by atoms with Gasteiger partial charge in [0.2, 0.25) is 3.79 Å². The van der Waals surface area contributed by atoms with Gasteiger partial charge < -0.3 is 5.11 Å². The van der Waals surface area contributed by atoms with Crippen LogP contribution in [0.25, 0.3) is 0 Å². The number of hydrogen-bond acceptors (Lipinski definition) is 1. The first-order valence-electron chi connectivity index (χ1n) is 5.57. The lowest BCUT2D eigenvalue weighted by Crippen LogP contribution is -2.41. The van der Waals surface area contributed by atoms with Crippen molar-refractivity contribution in [2.45, 2.75) is 9.39 Å². The van der Waals surface area contributed by atoms with E-state index in [1.54, 1.807) is 48.5 Å². The standard InChI is InChI=1S/C14H9Cl5O/c15-10-7-5-9(6-8-10)13(20,14(17,18)19)11-3-1-2-4-12(11)16/h1-8,20H/t13-/m1/s1. The second kappa shape index (κ2) is 5.92. The molecule has 0 aliphatic heterocycles. The predicted octanol–water partition coefficient (Wildman–Crippen LogP) is 5.60. The Balaban J connectivity index is 2.70. The molecule has 0 aliphatic carbocycles. The molecule has 1 nitrogen and oxygen atoms in total. The molecule has 0 heterocycles. The van der Waals surface area contributed by atoms with Crippen molar-refractivity contribution >= 4 is 58.0 Å². The SMILES string of the molecule is O[C@](c1ccc(Cl)cc1)(c1ccccc1Cl)C(Cl)(Cl)Cl. The second-order valence-electron chi connectivity index (χ2n) is 4.19. The molecule has 2 aromatic rings. The summed E-state index contributed by atoms with van der Waals surface area (Å²) in [6, 6.07) is 13.1. The molecule has 106 valence electrons. The quantitative estimate of drug-likeness (QED) is 0.682. The summed E-state index contributed by atoms with van der Waals surface area (Å²) in [5.74, 6) is 0. The second-order valence-corrected chi connectivity index (χ2v) is 7.32. The minimum atomic E-state index is -2.01. The Hall–Kier alpha value is -0.150. The molecule has 2 aromatic carbocycles. The number of alkyl halides is 3. The molecule has 0 aliphatic rings. The van der Waals surface area contributed by atoms with Crippen LogP contribution in [0.2, 0.25) is 10.0 Å². The summed E-state index contributed by atoms with van der Waals surface area (Å²) in [6.07, 6.45) is 0. The van der Waals surface area contributed by atoms with E-state index in [2.05, 4.69) is 0 Å². The molecule has 0 spiro atoms. The van der Waals surface area contributed by atoms with E-state index < -0.39 is 9.39 Å². The van der Waals surface area contributed by atoms with Crippen LogP contribution in [0.1, 0.15) is 11.1 Å². The fourth-order valence-corrected chi connectivity index (χ4v) is 2.95. The van der Waals surface area contributed by atoms with Gasteiger partial charge in [-0.15, -0.1) is 0 Å². The summed E-state index contributed by atoms with van der Waals surface area (Å²) < 4.78 is -2.01. The maximum Gasteiger partial charge on any atom is 0.227 e. The summed E-state index contributed by atoms with van der Waals surface area (Å²) >= 11 is 30.0. The lowest BCUT2D eigenvalue weighted by molar-refractivity contribution is 0.0851. The molecule has 0 radical (unpaired) electrons. The van der Waals surface area contributed by atoms with E-state index in [1.807, 2.05) is 0 Å². The number of benzene rings is 2. The minimum absolute atomic E-state index is 0.302. The van der Waals surface area contributed by atoms with E-state index in [-0.39, 0.29) is 0 Å². The van der Waals surface area contributed by atoms with Gasteiger partial charge in [-0.1, -0.05) is 88.3 Å². The van der Waals surface area contributed by atoms with Crippen LogP contribution in [-0.2, 0) is 5.60 Å². The molecule has 0 fully saturated rings. The van der Waals surface area contributed by atoms with Gasteiger partial charge in [0.15, 0.2) is 5.60 Å². The topological polar surface area (TPSA) is 20.2 Å². The maximum atomic E-state index is 11.0. The number of halogens is 5. The van der Waals surface area contributed by atoms with Gasteiger partial charge >= 0.3 is 0 Å². The molecule has 1 N–H and O–H groups in total. The Kier molecular flexibility index (Phi) is 4.80. The molecule has 2 rings (SSSR count). The van der Waals surface area contributed by atoms with Crippen molar-refractivity contribution in [1.82, 2.24) is 0 Å². The first-order chi connectivity index (χ1) is 9.26. The summed E-state index contributed by atoms with van der Waals surface area (Å²) in [5, 5.41) is 11.9. The lowest BCUT2D eigenvalue weighted by Gasteiger charge is -2.36. The fourth-order valence-electron chi connectivity index (χ4n) is 1.92. The highest BCUT2D eigenvalue weighted by molar-refractivity contribution is 6.68.